The Hall–Kier alpha value is -0.120. The molecule has 12 heavy (non-hydrogen) atoms. The van der Waals surface area contributed by atoms with Crippen LogP contribution < -0.4 is 5.32 Å². The fourth-order valence-electron chi connectivity index (χ4n) is 1.76. The summed E-state index contributed by atoms with van der Waals surface area (Å²) in [7, 11) is 3.76. The first-order valence-corrected chi connectivity index (χ1v) is 4.60. The summed E-state index contributed by atoms with van der Waals surface area (Å²) in [4.78, 5) is 0. The Labute approximate surface area is 74.4 Å². The molecule has 1 fully saturated rings. The predicted octanol–water partition coefficient (Wildman–Crippen LogP) is 0.791. The summed E-state index contributed by atoms with van der Waals surface area (Å²) in [6.45, 7) is 2.64. The molecule has 1 rings (SSSR count). The first-order valence-electron chi connectivity index (χ1n) is 4.60. The molecule has 0 saturated carbocycles. The van der Waals surface area contributed by atoms with Crippen LogP contribution in [0.3, 0.4) is 0 Å². The number of nitrogens with one attached hydrogen (secondary N) is 1. The molecule has 72 valence electrons. The third-order valence-electron chi connectivity index (χ3n) is 2.56. The molecule has 0 aromatic carbocycles. The molecule has 1 heterocycles. The lowest BCUT2D eigenvalue weighted by atomic mass is 9.94. The average molecular weight is 173 g/mol. The quantitative estimate of drug-likeness (QED) is 0.684. The largest absolute Gasteiger partial charge is 0.381 e. The topological polar surface area (TPSA) is 30.5 Å². The van der Waals surface area contributed by atoms with Crippen molar-refractivity contribution in [2.45, 2.75) is 24.9 Å². The van der Waals surface area contributed by atoms with Gasteiger partial charge in [0.1, 0.15) is 0 Å². The molecule has 0 aliphatic carbocycles. The molecular weight excluding hydrogens is 154 g/mol. The second kappa shape index (κ2) is 4.80. The number of methoxy groups -OCH3 is 1. The minimum atomic E-state index is 0.0191. The van der Waals surface area contributed by atoms with Crippen LogP contribution in [0, 0.1) is 0 Å². The maximum Gasteiger partial charge on any atom is 0.0825 e. The van der Waals surface area contributed by atoms with E-state index in [1.165, 1.54) is 0 Å². The van der Waals surface area contributed by atoms with Crippen LogP contribution in [0.2, 0.25) is 0 Å². The van der Waals surface area contributed by atoms with E-state index >= 15 is 0 Å². The van der Waals surface area contributed by atoms with Crippen molar-refractivity contribution >= 4 is 0 Å². The van der Waals surface area contributed by atoms with Crippen LogP contribution in [-0.2, 0) is 9.47 Å². The maximum absolute atomic E-state index is 5.56. The number of hydrogen-bond donors (Lipinski definition) is 1. The zero-order chi connectivity index (χ0) is 8.86. The van der Waals surface area contributed by atoms with Crippen molar-refractivity contribution in [2.75, 3.05) is 33.9 Å². The smallest absolute Gasteiger partial charge is 0.0825 e. The lowest BCUT2D eigenvalue weighted by Gasteiger charge is -2.30. The Balaban J connectivity index is 2.48. The van der Waals surface area contributed by atoms with Crippen LogP contribution in [0.1, 0.15) is 19.3 Å². The summed E-state index contributed by atoms with van der Waals surface area (Å²) in [6, 6.07) is 0. The first kappa shape index (κ1) is 9.96. The highest BCUT2D eigenvalue weighted by molar-refractivity contribution is 4.83. The van der Waals surface area contributed by atoms with Gasteiger partial charge in [-0.25, -0.2) is 0 Å². The first-order chi connectivity index (χ1) is 5.83. The summed E-state index contributed by atoms with van der Waals surface area (Å²) >= 11 is 0. The fraction of sp³-hybridized carbons (Fsp3) is 1.00. The van der Waals surface area contributed by atoms with Gasteiger partial charge in [-0.2, -0.15) is 0 Å². The van der Waals surface area contributed by atoms with E-state index in [0.29, 0.717) is 0 Å². The zero-order valence-corrected chi connectivity index (χ0v) is 8.06. The SMILES string of the molecule is CNCC1(OC)CCCOCC1. The maximum atomic E-state index is 5.56. The third kappa shape index (κ3) is 2.44. The van der Waals surface area contributed by atoms with E-state index in [-0.39, 0.29) is 5.60 Å². The van der Waals surface area contributed by atoms with Crippen molar-refractivity contribution in [1.82, 2.24) is 5.32 Å². The van der Waals surface area contributed by atoms with Crippen LogP contribution in [0.15, 0.2) is 0 Å². The van der Waals surface area contributed by atoms with Crippen LogP contribution in [-0.4, -0.2) is 39.5 Å². The Morgan fingerprint density at radius 2 is 2.25 bits per heavy atom. The molecule has 0 spiro atoms. The van der Waals surface area contributed by atoms with Gasteiger partial charge in [-0.1, -0.05) is 0 Å². The van der Waals surface area contributed by atoms with Crippen LogP contribution in [0.25, 0.3) is 0 Å². The van der Waals surface area contributed by atoms with Crippen LogP contribution >= 0.6 is 0 Å². The van der Waals surface area contributed by atoms with Crippen LogP contribution in [0.4, 0.5) is 0 Å². The molecule has 3 heteroatoms. The van der Waals surface area contributed by atoms with Gasteiger partial charge in [-0.05, 0) is 19.9 Å². The van der Waals surface area contributed by atoms with Crippen molar-refractivity contribution < 1.29 is 9.47 Å². The average Bonchev–Trinajstić information content (AvgIpc) is 2.32. The highest BCUT2D eigenvalue weighted by Gasteiger charge is 2.29. The van der Waals surface area contributed by atoms with E-state index in [1.807, 2.05) is 7.05 Å². The van der Waals surface area contributed by atoms with Gasteiger partial charge < -0.3 is 14.8 Å². The lowest BCUT2D eigenvalue weighted by molar-refractivity contribution is -0.0235. The molecule has 3 nitrogen and oxygen atoms in total. The molecule has 0 radical (unpaired) electrons. The molecule has 1 unspecified atom stereocenters. The van der Waals surface area contributed by atoms with Crippen LogP contribution in [0.5, 0.6) is 0 Å². The van der Waals surface area contributed by atoms with Crippen molar-refractivity contribution in [2.24, 2.45) is 0 Å². The second-order valence-corrected chi connectivity index (χ2v) is 3.38. The Morgan fingerprint density at radius 3 is 2.92 bits per heavy atom. The molecule has 0 aromatic rings. The van der Waals surface area contributed by atoms with E-state index in [1.54, 1.807) is 7.11 Å². The van der Waals surface area contributed by atoms with E-state index in [2.05, 4.69) is 5.32 Å². The van der Waals surface area contributed by atoms with E-state index < -0.39 is 0 Å². The van der Waals surface area contributed by atoms with Crippen molar-refractivity contribution in [1.29, 1.82) is 0 Å². The Kier molecular flexibility index (Phi) is 3.98. The standard InChI is InChI=1S/C9H19NO2/c1-10-8-9(11-2)4-3-6-12-7-5-9/h10H,3-8H2,1-2H3. The van der Waals surface area contributed by atoms with Gasteiger partial charge in [0.05, 0.1) is 5.60 Å². The minimum absolute atomic E-state index is 0.0191. The summed E-state index contributed by atoms with van der Waals surface area (Å²) in [5.74, 6) is 0. The minimum Gasteiger partial charge on any atom is -0.381 e. The predicted molar refractivity (Wildman–Crippen MR) is 48.3 cm³/mol. The monoisotopic (exact) mass is 173 g/mol. The molecule has 1 aliphatic rings. The van der Waals surface area contributed by atoms with Gasteiger partial charge >= 0.3 is 0 Å². The molecule has 0 aromatic heterocycles. The fourth-order valence-corrected chi connectivity index (χ4v) is 1.76. The molecule has 0 amide bonds. The highest BCUT2D eigenvalue weighted by Crippen LogP contribution is 2.23. The summed E-state index contributed by atoms with van der Waals surface area (Å²) in [5, 5.41) is 3.18. The molecule has 1 atom stereocenters. The molecule has 1 saturated heterocycles. The zero-order valence-electron chi connectivity index (χ0n) is 8.06. The lowest BCUT2D eigenvalue weighted by Crippen LogP contribution is -2.41. The Morgan fingerprint density at radius 1 is 1.42 bits per heavy atom. The highest BCUT2D eigenvalue weighted by atomic mass is 16.5. The number of rotatable bonds is 3. The molecule has 1 aliphatic heterocycles. The summed E-state index contributed by atoms with van der Waals surface area (Å²) in [5.41, 5.74) is 0.0191. The van der Waals surface area contributed by atoms with Gasteiger partial charge in [-0.15, -0.1) is 0 Å². The Bertz CT molecular complexity index is 120. The summed E-state index contributed by atoms with van der Waals surface area (Å²) in [6.07, 6.45) is 3.21. The van der Waals surface area contributed by atoms with Gasteiger partial charge in [0.15, 0.2) is 0 Å². The van der Waals surface area contributed by atoms with Gasteiger partial charge in [0, 0.05) is 33.3 Å². The van der Waals surface area contributed by atoms with Crippen molar-refractivity contribution in [3.63, 3.8) is 0 Å². The third-order valence-corrected chi connectivity index (χ3v) is 2.56. The molecule has 0 bridgehead atoms. The van der Waals surface area contributed by atoms with E-state index in [9.17, 15) is 0 Å². The number of ether oxygens (including phenoxy) is 2. The van der Waals surface area contributed by atoms with Gasteiger partial charge in [0.25, 0.3) is 0 Å². The molecule has 1 N–H and O–H groups in total. The van der Waals surface area contributed by atoms with Gasteiger partial charge in [0.2, 0.25) is 0 Å². The van der Waals surface area contributed by atoms with Crippen molar-refractivity contribution in [3.05, 3.63) is 0 Å². The number of hydrogen-bond acceptors (Lipinski definition) is 3. The normalized spacial score (nSPS) is 31.5. The van der Waals surface area contributed by atoms with Gasteiger partial charge in [-0.3, -0.25) is 0 Å². The van der Waals surface area contributed by atoms with E-state index in [0.717, 1.165) is 39.0 Å². The summed E-state index contributed by atoms with van der Waals surface area (Å²) < 4.78 is 10.9. The second-order valence-electron chi connectivity index (χ2n) is 3.38. The van der Waals surface area contributed by atoms with Crippen molar-refractivity contribution in [3.8, 4) is 0 Å². The van der Waals surface area contributed by atoms with E-state index in [4.69, 9.17) is 9.47 Å². The molecular formula is C9H19NO2. The number of likely N-dealkylation sites (N-methyl/N-ethyl adjacent to an activating group) is 1.